The minimum atomic E-state index is -3.65. The molecule has 1 aliphatic rings. The van der Waals surface area contributed by atoms with E-state index < -0.39 is 15.8 Å². The number of amides is 1. The van der Waals surface area contributed by atoms with Crippen LogP contribution in [0.5, 0.6) is 0 Å². The average Bonchev–Trinajstić information content (AvgIpc) is 2.58. The fraction of sp³-hybridized carbons (Fsp3) is 0.588. The van der Waals surface area contributed by atoms with Crippen LogP contribution in [0.2, 0.25) is 0 Å². The van der Waals surface area contributed by atoms with Gasteiger partial charge in [0.05, 0.1) is 11.4 Å². The number of halogens is 1. The fourth-order valence-corrected chi connectivity index (χ4v) is 4.28. The van der Waals surface area contributed by atoms with Gasteiger partial charge in [0.25, 0.3) is 0 Å². The third-order valence-electron chi connectivity index (χ3n) is 4.51. The van der Waals surface area contributed by atoms with Crippen molar-refractivity contribution >= 4 is 15.9 Å². The summed E-state index contributed by atoms with van der Waals surface area (Å²) in [7, 11) is -3.65. The van der Waals surface area contributed by atoms with Crippen molar-refractivity contribution in [1.29, 1.82) is 0 Å². The zero-order chi connectivity index (χ0) is 18.4. The summed E-state index contributed by atoms with van der Waals surface area (Å²) in [5.41, 5.74) is 0. The van der Waals surface area contributed by atoms with Crippen molar-refractivity contribution in [2.75, 3.05) is 32.7 Å². The Balaban J connectivity index is 1.86. The van der Waals surface area contributed by atoms with E-state index >= 15 is 0 Å². The highest BCUT2D eigenvalue weighted by Gasteiger charge is 2.26. The third-order valence-corrected chi connectivity index (χ3v) is 6.04. The summed E-state index contributed by atoms with van der Waals surface area (Å²) in [5, 5.41) is 0. The summed E-state index contributed by atoms with van der Waals surface area (Å²) in [4.78, 5) is 16.1. The molecule has 0 unspecified atom stereocenters. The SMILES string of the molecule is CCN(CC)C(=O)CN1CCC(NS(=O)(=O)c2ccc(F)cc2)CC1. The van der Waals surface area contributed by atoms with Crippen LogP contribution < -0.4 is 4.72 Å². The number of hydrogen-bond donors (Lipinski definition) is 1. The molecule has 0 bridgehead atoms. The second-order valence-corrected chi connectivity index (χ2v) is 7.91. The van der Waals surface area contributed by atoms with E-state index in [1.807, 2.05) is 13.8 Å². The molecule has 0 radical (unpaired) electrons. The Morgan fingerprint density at radius 2 is 1.76 bits per heavy atom. The topological polar surface area (TPSA) is 69.7 Å². The van der Waals surface area contributed by atoms with E-state index in [4.69, 9.17) is 0 Å². The number of nitrogens with one attached hydrogen (secondary N) is 1. The molecule has 1 saturated heterocycles. The van der Waals surface area contributed by atoms with Crippen LogP contribution in [0.15, 0.2) is 29.2 Å². The lowest BCUT2D eigenvalue weighted by molar-refractivity contribution is -0.132. The molecular weight excluding hydrogens is 345 g/mol. The number of benzene rings is 1. The van der Waals surface area contributed by atoms with Crippen molar-refractivity contribution in [3.8, 4) is 0 Å². The number of hydrogen-bond acceptors (Lipinski definition) is 4. The molecule has 6 nitrogen and oxygen atoms in total. The maximum Gasteiger partial charge on any atom is 0.240 e. The van der Waals surface area contributed by atoms with Crippen LogP contribution in [0.1, 0.15) is 26.7 Å². The summed E-state index contributed by atoms with van der Waals surface area (Å²) in [6, 6.07) is 4.62. The summed E-state index contributed by atoms with van der Waals surface area (Å²) in [6.07, 6.45) is 1.29. The van der Waals surface area contributed by atoms with Gasteiger partial charge in [-0.2, -0.15) is 0 Å². The molecule has 0 atom stereocenters. The van der Waals surface area contributed by atoms with Crippen LogP contribution in [-0.2, 0) is 14.8 Å². The predicted octanol–water partition coefficient (Wildman–Crippen LogP) is 1.44. The van der Waals surface area contributed by atoms with Gasteiger partial charge in [0.15, 0.2) is 0 Å². The van der Waals surface area contributed by atoms with Crippen molar-refractivity contribution in [2.24, 2.45) is 0 Å². The van der Waals surface area contributed by atoms with Crippen LogP contribution in [0.3, 0.4) is 0 Å². The van der Waals surface area contributed by atoms with Gasteiger partial charge in [0, 0.05) is 32.2 Å². The van der Waals surface area contributed by atoms with E-state index in [0.717, 1.165) is 12.1 Å². The van der Waals surface area contributed by atoms with Crippen LogP contribution in [0.4, 0.5) is 4.39 Å². The van der Waals surface area contributed by atoms with Crippen molar-refractivity contribution in [2.45, 2.75) is 37.6 Å². The Morgan fingerprint density at radius 3 is 2.28 bits per heavy atom. The molecule has 0 spiro atoms. The zero-order valence-electron chi connectivity index (χ0n) is 14.7. The Morgan fingerprint density at radius 1 is 1.20 bits per heavy atom. The minimum absolute atomic E-state index is 0.0630. The summed E-state index contributed by atoms with van der Waals surface area (Å²) in [6.45, 7) is 7.02. The van der Waals surface area contributed by atoms with Gasteiger partial charge in [-0.1, -0.05) is 0 Å². The molecule has 25 heavy (non-hydrogen) atoms. The van der Waals surface area contributed by atoms with Crippen molar-refractivity contribution in [3.63, 3.8) is 0 Å². The van der Waals surface area contributed by atoms with Crippen LogP contribution in [-0.4, -0.2) is 62.9 Å². The van der Waals surface area contributed by atoms with Gasteiger partial charge in [0.2, 0.25) is 15.9 Å². The second-order valence-electron chi connectivity index (χ2n) is 6.19. The minimum Gasteiger partial charge on any atom is -0.342 e. The summed E-state index contributed by atoms with van der Waals surface area (Å²) in [5.74, 6) is -0.361. The summed E-state index contributed by atoms with van der Waals surface area (Å²) < 4.78 is 40.3. The molecule has 1 N–H and O–H groups in total. The zero-order valence-corrected chi connectivity index (χ0v) is 15.6. The van der Waals surface area contributed by atoms with E-state index in [-0.39, 0.29) is 16.8 Å². The van der Waals surface area contributed by atoms with Crippen molar-refractivity contribution in [3.05, 3.63) is 30.1 Å². The molecule has 0 aliphatic carbocycles. The largest absolute Gasteiger partial charge is 0.342 e. The van der Waals surface area contributed by atoms with Gasteiger partial charge in [-0.25, -0.2) is 17.5 Å². The Labute approximate surface area is 149 Å². The monoisotopic (exact) mass is 371 g/mol. The lowest BCUT2D eigenvalue weighted by atomic mass is 10.1. The summed E-state index contributed by atoms with van der Waals surface area (Å²) >= 11 is 0. The number of likely N-dealkylation sites (N-methyl/N-ethyl adjacent to an activating group) is 1. The maximum absolute atomic E-state index is 12.9. The number of carbonyl (C=O) groups is 1. The van der Waals surface area contributed by atoms with Crippen LogP contribution in [0, 0.1) is 5.82 Å². The predicted molar refractivity (Wildman–Crippen MR) is 94.1 cm³/mol. The number of piperidine rings is 1. The van der Waals surface area contributed by atoms with E-state index in [0.29, 0.717) is 45.6 Å². The number of carbonyl (C=O) groups excluding carboxylic acids is 1. The van der Waals surface area contributed by atoms with E-state index in [1.165, 1.54) is 12.1 Å². The Bertz CT molecular complexity index is 667. The third kappa shape index (κ3) is 5.49. The van der Waals surface area contributed by atoms with Crippen LogP contribution >= 0.6 is 0 Å². The molecule has 1 fully saturated rings. The highest BCUT2D eigenvalue weighted by Crippen LogP contribution is 2.15. The molecular formula is C17H26FN3O3S. The fourth-order valence-electron chi connectivity index (χ4n) is 2.98. The van der Waals surface area contributed by atoms with E-state index in [9.17, 15) is 17.6 Å². The van der Waals surface area contributed by atoms with Gasteiger partial charge in [-0.15, -0.1) is 0 Å². The standard InChI is InChI=1S/C17H26FN3O3S/c1-3-21(4-2)17(22)13-20-11-9-15(10-12-20)19-25(23,24)16-7-5-14(18)6-8-16/h5-8,15,19H,3-4,9-13H2,1-2H3. The number of sulfonamides is 1. The van der Waals surface area contributed by atoms with Gasteiger partial charge < -0.3 is 4.90 Å². The smallest absolute Gasteiger partial charge is 0.240 e. The van der Waals surface area contributed by atoms with Crippen molar-refractivity contribution in [1.82, 2.24) is 14.5 Å². The molecule has 1 aromatic rings. The van der Waals surface area contributed by atoms with Crippen LogP contribution in [0.25, 0.3) is 0 Å². The van der Waals surface area contributed by atoms with Gasteiger partial charge in [-0.3, -0.25) is 9.69 Å². The van der Waals surface area contributed by atoms with Gasteiger partial charge >= 0.3 is 0 Å². The maximum atomic E-state index is 12.9. The normalized spacial score (nSPS) is 16.8. The highest BCUT2D eigenvalue weighted by atomic mass is 32.2. The molecule has 1 heterocycles. The van der Waals surface area contributed by atoms with Crippen molar-refractivity contribution < 1.29 is 17.6 Å². The molecule has 0 aromatic heterocycles. The molecule has 8 heteroatoms. The average molecular weight is 371 g/mol. The molecule has 1 aliphatic heterocycles. The first kappa shape index (κ1) is 19.8. The van der Waals surface area contributed by atoms with Gasteiger partial charge in [-0.05, 0) is 51.0 Å². The Hall–Kier alpha value is -1.51. The quantitative estimate of drug-likeness (QED) is 0.787. The molecule has 1 amide bonds. The number of rotatable bonds is 7. The van der Waals surface area contributed by atoms with Gasteiger partial charge in [0.1, 0.15) is 5.82 Å². The molecule has 2 rings (SSSR count). The first-order chi connectivity index (χ1) is 11.9. The molecule has 140 valence electrons. The lowest BCUT2D eigenvalue weighted by Crippen LogP contribution is -2.48. The highest BCUT2D eigenvalue weighted by molar-refractivity contribution is 7.89. The van der Waals surface area contributed by atoms with E-state index in [1.54, 1.807) is 4.90 Å². The number of nitrogens with zero attached hydrogens (tertiary/aromatic N) is 2. The first-order valence-corrected chi connectivity index (χ1v) is 10.1. The first-order valence-electron chi connectivity index (χ1n) is 8.63. The second kappa shape index (κ2) is 8.73. The Kier molecular flexibility index (Phi) is 6.92. The van der Waals surface area contributed by atoms with E-state index in [2.05, 4.69) is 9.62 Å². The number of likely N-dealkylation sites (tertiary alicyclic amines) is 1. The molecule has 1 aromatic carbocycles. The lowest BCUT2D eigenvalue weighted by Gasteiger charge is -2.33. The molecule has 0 saturated carbocycles.